The molecule has 0 aliphatic rings. The van der Waals surface area contributed by atoms with Gasteiger partial charge in [-0.1, -0.05) is 0 Å². The van der Waals surface area contributed by atoms with Crippen molar-refractivity contribution in [1.82, 2.24) is 15.6 Å². The van der Waals surface area contributed by atoms with Crippen LogP contribution in [0.2, 0.25) is 0 Å². The maximum Gasteiger partial charge on any atom is 0.434 e. The van der Waals surface area contributed by atoms with E-state index < -0.39 is 23.5 Å². The molecule has 0 unspecified atom stereocenters. The van der Waals surface area contributed by atoms with Crippen LogP contribution in [0.25, 0.3) is 0 Å². The minimum atomic E-state index is -4.47. The summed E-state index contributed by atoms with van der Waals surface area (Å²) in [5, 5.41) is 6.89. The topological polar surface area (TPSA) is 49.3 Å². The molecule has 2 aromatic rings. The Morgan fingerprint density at radius 3 is 2.58 bits per heavy atom. The Hall–Kier alpha value is -1.50. The zero-order valence-electron chi connectivity index (χ0n) is 13.5. The largest absolute Gasteiger partial charge is 0.434 e. The molecule has 0 radical (unpaired) electrons. The number of guanidine groups is 1. The highest BCUT2D eigenvalue weighted by Gasteiger charge is 2.33. The van der Waals surface area contributed by atoms with E-state index in [9.17, 15) is 22.0 Å². The molecule has 0 atom stereocenters. The van der Waals surface area contributed by atoms with Gasteiger partial charge in [0.05, 0.1) is 6.54 Å². The lowest BCUT2D eigenvalue weighted by Crippen LogP contribution is -2.37. The Morgan fingerprint density at radius 1 is 1.23 bits per heavy atom. The van der Waals surface area contributed by atoms with Gasteiger partial charge in [0.1, 0.15) is 16.6 Å². The summed E-state index contributed by atoms with van der Waals surface area (Å²) < 4.78 is 64.0. The molecule has 0 bridgehead atoms. The van der Waals surface area contributed by atoms with Crippen molar-refractivity contribution in [1.29, 1.82) is 0 Å². The molecule has 1 aromatic heterocycles. The monoisotopic (exact) mass is 506 g/mol. The summed E-state index contributed by atoms with van der Waals surface area (Å²) in [5.74, 6) is -0.711. The summed E-state index contributed by atoms with van der Waals surface area (Å²) in [5.41, 5.74) is -0.712. The highest BCUT2D eigenvalue weighted by atomic mass is 127. The Bertz CT molecular complexity index is 748. The maximum absolute atomic E-state index is 13.5. The van der Waals surface area contributed by atoms with Crippen molar-refractivity contribution in [3.8, 4) is 0 Å². The van der Waals surface area contributed by atoms with E-state index in [1.165, 1.54) is 7.05 Å². The molecule has 0 saturated carbocycles. The van der Waals surface area contributed by atoms with Gasteiger partial charge in [0, 0.05) is 19.0 Å². The van der Waals surface area contributed by atoms with E-state index in [1.54, 1.807) is 0 Å². The van der Waals surface area contributed by atoms with Crippen LogP contribution in [0, 0.1) is 11.6 Å². The lowest BCUT2D eigenvalue weighted by molar-refractivity contribution is -0.140. The van der Waals surface area contributed by atoms with Crippen LogP contribution >= 0.6 is 35.3 Å². The van der Waals surface area contributed by atoms with Crippen LogP contribution in [0.5, 0.6) is 0 Å². The Balaban J connectivity index is 0.00000338. The summed E-state index contributed by atoms with van der Waals surface area (Å²) in [6, 6.07) is 3.20. The van der Waals surface area contributed by atoms with Gasteiger partial charge < -0.3 is 10.6 Å². The molecule has 0 spiro atoms. The van der Waals surface area contributed by atoms with E-state index in [0.29, 0.717) is 5.96 Å². The smallest absolute Gasteiger partial charge is 0.356 e. The van der Waals surface area contributed by atoms with Crippen molar-refractivity contribution in [3.05, 3.63) is 51.5 Å². The number of rotatable bonds is 5. The van der Waals surface area contributed by atoms with Crippen molar-refractivity contribution in [2.24, 2.45) is 4.99 Å². The second-order valence-corrected chi connectivity index (χ2v) is 5.91. The van der Waals surface area contributed by atoms with Crippen molar-refractivity contribution < 1.29 is 22.0 Å². The summed E-state index contributed by atoms with van der Waals surface area (Å²) >= 11 is 0.886. The van der Waals surface area contributed by atoms with Crippen molar-refractivity contribution in [2.45, 2.75) is 19.1 Å². The van der Waals surface area contributed by atoms with Crippen LogP contribution in [0.15, 0.2) is 28.6 Å². The number of hydrogen-bond acceptors (Lipinski definition) is 3. The van der Waals surface area contributed by atoms with Gasteiger partial charge >= 0.3 is 6.18 Å². The lowest BCUT2D eigenvalue weighted by Gasteiger charge is -2.11. The molecular weight excluding hydrogens is 490 g/mol. The molecule has 2 rings (SSSR count). The second-order valence-electron chi connectivity index (χ2n) is 4.96. The number of halogens is 6. The van der Waals surface area contributed by atoms with Gasteiger partial charge in [-0.15, -0.1) is 35.3 Å². The third-order valence-electron chi connectivity index (χ3n) is 3.17. The number of nitrogens with one attached hydrogen (secondary N) is 2. The summed E-state index contributed by atoms with van der Waals surface area (Å²) in [4.78, 5) is 7.40. The van der Waals surface area contributed by atoms with Crippen molar-refractivity contribution >= 4 is 41.3 Å². The van der Waals surface area contributed by atoms with E-state index in [1.807, 2.05) is 0 Å². The second kappa shape index (κ2) is 10.00. The first-order valence-electron chi connectivity index (χ1n) is 7.19. The molecule has 1 heterocycles. The molecule has 1 aromatic carbocycles. The van der Waals surface area contributed by atoms with E-state index in [4.69, 9.17) is 0 Å². The predicted molar refractivity (Wildman–Crippen MR) is 101 cm³/mol. The zero-order chi connectivity index (χ0) is 18.4. The molecule has 2 N–H and O–H groups in total. The Morgan fingerprint density at radius 2 is 1.96 bits per heavy atom. The first-order chi connectivity index (χ1) is 11.8. The number of aliphatic imine (C=N–C) groups is 1. The molecule has 144 valence electrons. The third-order valence-corrected chi connectivity index (χ3v) is 4.02. The number of benzene rings is 1. The summed E-state index contributed by atoms with van der Waals surface area (Å²) in [7, 11) is 1.49. The van der Waals surface area contributed by atoms with Crippen LogP contribution in [0.3, 0.4) is 0 Å². The average Bonchev–Trinajstić information content (AvgIpc) is 3.03. The van der Waals surface area contributed by atoms with Crippen LogP contribution in [0.1, 0.15) is 16.3 Å². The van der Waals surface area contributed by atoms with Gasteiger partial charge in [-0.3, -0.25) is 4.99 Å². The Labute approximate surface area is 168 Å². The normalized spacial score (nSPS) is 11.8. The molecule has 0 amide bonds. The molecule has 11 heteroatoms. The van der Waals surface area contributed by atoms with Gasteiger partial charge in [0.2, 0.25) is 0 Å². The molecule has 0 fully saturated rings. The molecule has 0 aliphatic heterocycles. The van der Waals surface area contributed by atoms with Crippen LogP contribution in [0.4, 0.5) is 22.0 Å². The molecule has 26 heavy (non-hydrogen) atoms. The van der Waals surface area contributed by atoms with E-state index in [2.05, 4.69) is 20.6 Å². The number of nitrogens with zero attached hydrogens (tertiary/aromatic N) is 2. The minimum Gasteiger partial charge on any atom is -0.356 e. The highest BCUT2D eigenvalue weighted by molar-refractivity contribution is 14.0. The van der Waals surface area contributed by atoms with Gasteiger partial charge in [0.15, 0.2) is 11.7 Å². The van der Waals surface area contributed by atoms with Gasteiger partial charge in [0.25, 0.3) is 0 Å². The third kappa shape index (κ3) is 6.67. The van der Waals surface area contributed by atoms with Crippen molar-refractivity contribution in [2.75, 3.05) is 13.6 Å². The highest BCUT2D eigenvalue weighted by Crippen LogP contribution is 2.29. The quantitative estimate of drug-likeness (QED) is 0.280. The molecule has 0 aliphatic carbocycles. The fourth-order valence-electron chi connectivity index (χ4n) is 1.95. The number of aromatic nitrogens is 1. The average molecular weight is 506 g/mol. The first kappa shape index (κ1) is 22.5. The predicted octanol–water partition coefficient (Wildman–Crippen LogP) is 3.97. The van der Waals surface area contributed by atoms with E-state index >= 15 is 0 Å². The van der Waals surface area contributed by atoms with Crippen LogP contribution in [-0.4, -0.2) is 24.5 Å². The minimum absolute atomic E-state index is 0. The summed E-state index contributed by atoms with van der Waals surface area (Å²) in [6.45, 7) is 0.334. The van der Waals surface area contributed by atoms with Crippen molar-refractivity contribution in [3.63, 3.8) is 0 Å². The molecule has 0 saturated heterocycles. The summed E-state index contributed by atoms with van der Waals surface area (Å²) in [6.07, 6.45) is -4.25. The number of alkyl halides is 3. The lowest BCUT2D eigenvalue weighted by atomic mass is 10.1. The van der Waals surface area contributed by atoms with Crippen LogP contribution in [-0.2, 0) is 19.1 Å². The standard InChI is InChI=1S/C15H15F5N4S.HI/c1-21-14(22-5-4-9-6-10(16)2-3-11(9)17)23-7-13-24-12(8-25-13)15(18,19)20;/h2-3,6,8H,4-5,7H2,1H3,(H2,21,22,23);1H. The molecule has 4 nitrogen and oxygen atoms in total. The number of thiazole rings is 1. The van der Waals surface area contributed by atoms with E-state index in [-0.39, 0.29) is 54.1 Å². The van der Waals surface area contributed by atoms with E-state index in [0.717, 1.165) is 34.9 Å². The fraction of sp³-hybridized carbons (Fsp3) is 0.333. The first-order valence-corrected chi connectivity index (χ1v) is 8.07. The van der Waals surface area contributed by atoms with Gasteiger partial charge in [-0.25, -0.2) is 13.8 Å². The zero-order valence-corrected chi connectivity index (χ0v) is 16.7. The Kier molecular flexibility index (Phi) is 8.67. The number of hydrogen-bond donors (Lipinski definition) is 2. The SMILES string of the molecule is CN=C(NCCc1cc(F)ccc1F)NCc1nc(C(F)(F)F)cs1.I. The van der Waals surface area contributed by atoms with Crippen LogP contribution < -0.4 is 10.6 Å². The molecular formula is C15H16F5IN4S. The van der Waals surface area contributed by atoms with Gasteiger partial charge in [-0.05, 0) is 30.2 Å². The van der Waals surface area contributed by atoms with Gasteiger partial charge in [-0.2, -0.15) is 13.2 Å². The maximum atomic E-state index is 13.5. The fourth-order valence-corrected chi connectivity index (χ4v) is 2.69.